The first-order chi connectivity index (χ1) is 12.8. The van der Waals surface area contributed by atoms with Crippen molar-refractivity contribution in [2.75, 3.05) is 26.3 Å². The highest BCUT2D eigenvalue weighted by Gasteiger charge is 2.31. The van der Waals surface area contributed by atoms with E-state index in [2.05, 4.69) is 47.1 Å². The summed E-state index contributed by atoms with van der Waals surface area (Å²) in [5, 5.41) is 0. The summed E-state index contributed by atoms with van der Waals surface area (Å²) in [7, 11) is 0. The largest absolute Gasteiger partial charge is 0.381 e. The van der Waals surface area contributed by atoms with E-state index in [4.69, 9.17) is 4.74 Å². The summed E-state index contributed by atoms with van der Waals surface area (Å²) in [6, 6.07) is 12.0. The topological polar surface area (TPSA) is 32.8 Å². The lowest BCUT2D eigenvalue weighted by Crippen LogP contribution is -2.51. The van der Waals surface area contributed by atoms with Gasteiger partial charge in [0, 0.05) is 51.4 Å². The zero-order chi connectivity index (χ0) is 18.2. The van der Waals surface area contributed by atoms with Crippen molar-refractivity contribution >= 4 is 5.91 Å². The lowest BCUT2D eigenvalue weighted by Gasteiger charge is -2.43. The Balaban J connectivity index is 1.61. The first-order valence-electron chi connectivity index (χ1n) is 10.4. The molecule has 4 heteroatoms. The lowest BCUT2D eigenvalue weighted by molar-refractivity contribution is -0.133. The van der Waals surface area contributed by atoms with Gasteiger partial charge in [0.1, 0.15) is 0 Å². The van der Waals surface area contributed by atoms with Gasteiger partial charge in [0.15, 0.2) is 0 Å². The number of nitrogens with zero attached hydrogens (tertiary/aromatic N) is 2. The number of ether oxygens (including phenoxy) is 1. The third-order valence-corrected chi connectivity index (χ3v) is 5.90. The summed E-state index contributed by atoms with van der Waals surface area (Å²) in [5.74, 6) is 0.353. The third-order valence-electron chi connectivity index (χ3n) is 5.90. The predicted molar refractivity (Wildman–Crippen MR) is 105 cm³/mol. The number of carbonyl (C=O) groups excluding carboxylic acids is 1. The maximum absolute atomic E-state index is 12.3. The predicted octanol–water partition coefficient (Wildman–Crippen LogP) is 3.85. The molecular weight excluding hydrogens is 324 g/mol. The van der Waals surface area contributed by atoms with Gasteiger partial charge in [-0.3, -0.25) is 9.69 Å². The highest BCUT2D eigenvalue weighted by molar-refractivity contribution is 5.76. The molecule has 0 radical (unpaired) electrons. The van der Waals surface area contributed by atoms with Crippen LogP contribution in [0.1, 0.15) is 57.4 Å². The minimum absolute atomic E-state index is 0.353. The minimum atomic E-state index is 0.353. The molecule has 26 heavy (non-hydrogen) atoms. The molecule has 2 saturated heterocycles. The Morgan fingerprint density at radius 2 is 1.73 bits per heavy atom. The van der Waals surface area contributed by atoms with Crippen molar-refractivity contribution in [3.05, 3.63) is 35.9 Å². The third kappa shape index (κ3) is 5.31. The van der Waals surface area contributed by atoms with E-state index in [0.29, 0.717) is 18.0 Å². The first-order valence-corrected chi connectivity index (χ1v) is 10.4. The molecule has 2 fully saturated rings. The molecule has 0 atom stereocenters. The highest BCUT2D eigenvalue weighted by Crippen LogP contribution is 2.26. The van der Waals surface area contributed by atoms with E-state index in [9.17, 15) is 4.79 Å². The van der Waals surface area contributed by atoms with Crippen molar-refractivity contribution < 1.29 is 9.53 Å². The molecule has 2 aliphatic rings. The molecule has 2 aliphatic heterocycles. The van der Waals surface area contributed by atoms with Crippen molar-refractivity contribution in [1.29, 1.82) is 0 Å². The van der Waals surface area contributed by atoms with Crippen LogP contribution in [-0.2, 0) is 16.1 Å². The fourth-order valence-corrected chi connectivity index (χ4v) is 4.30. The van der Waals surface area contributed by atoms with Crippen molar-refractivity contribution in [1.82, 2.24) is 9.80 Å². The Labute approximate surface area is 158 Å². The molecule has 1 amide bonds. The molecule has 1 aromatic carbocycles. The smallest absolute Gasteiger partial charge is 0.222 e. The Hall–Kier alpha value is -1.39. The van der Waals surface area contributed by atoms with Crippen LogP contribution < -0.4 is 0 Å². The van der Waals surface area contributed by atoms with Crippen molar-refractivity contribution in [3.8, 4) is 0 Å². The van der Waals surface area contributed by atoms with E-state index >= 15 is 0 Å². The number of hydrogen-bond donors (Lipinski definition) is 0. The van der Waals surface area contributed by atoms with E-state index in [1.807, 2.05) is 0 Å². The van der Waals surface area contributed by atoms with Gasteiger partial charge in [-0.15, -0.1) is 0 Å². The Kier molecular flexibility index (Phi) is 7.51. The fourth-order valence-electron chi connectivity index (χ4n) is 4.30. The fraction of sp³-hybridized carbons (Fsp3) is 0.682. The molecule has 0 bridgehead atoms. The average Bonchev–Trinajstić information content (AvgIpc) is 2.72. The molecule has 0 unspecified atom stereocenters. The lowest BCUT2D eigenvalue weighted by atomic mass is 9.96. The minimum Gasteiger partial charge on any atom is -0.381 e. The second-order valence-corrected chi connectivity index (χ2v) is 7.72. The number of piperidine rings is 1. The summed E-state index contributed by atoms with van der Waals surface area (Å²) in [6.45, 7) is 6.76. The molecule has 0 aliphatic carbocycles. The molecule has 144 valence electrons. The van der Waals surface area contributed by atoms with E-state index in [1.54, 1.807) is 0 Å². The maximum atomic E-state index is 12.3. The Morgan fingerprint density at radius 1 is 1.08 bits per heavy atom. The standard InChI is InChI=1S/C22H34N2O2/c1-2-3-9-22(25)23-14-10-20(11-15-23)24(21-12-16-26-17-13-21)18-19-7-5-4-6-8-19/h4-8,20-21H,2-3,9-18H2,1H3. The second kappa shape index (κ2) is 10.1. The SMILES string of the molecule is CCCCC(=O)N1CCC(N(Cc2ccccc2)C2CCOCC2)CC1. The average molecular weight is 359 g/mol. The summed E-state index contributed by atoms with van der Waals surface area (Å²) >= 11 is 0. The van der Waals surface area contributed by atoms with Crippen molar-refractivity contribution in [3.63, 3.8) is 0 Å². The van der Waals surface area contributed by atoms with Crippen molar-refractivity contribution in [2.45, 2.75) is 70.5 Å². The van der Waals surface area contributed by atoms with Crippen LogP contribution in [0, 0.1) is 0 Å². The van der Waals surface area contributed by atoms with Gasteiger partial charge >= 0.3 is 0 Å². The van der Waals surface area contributed by atoms with Crippen LogP contribution in [0.3, 0.4) is 0 Å². The number of benzene rings is 1. The molecule has 2 heterocycles. The zero-order valence-electron chi connectivity index (χ0n) is 16.2. The number of unbranched alkanes of at least 4 members (excludes halogenated alkanes) is 1. The van der Waals surface area contributed by atoms with Crippen LogP contribution in [0.4, 0.5) is 0 Å². The number of rotatable bonds is 7. The van der Waals surface area contributed by atoms with E-state index in [1.165, 1.54) is 5.56 Å². The highest BCUT2D eigenvalue weighted by atomic mass is 16.5. The summed E-state index contributed by atoms with van der Waals surface area (Å²) in [6.07, 6.45) is 7.28. The number of hydrogen-bond acceptors (Lipinski definition) is 3. The van der Waals surface area contributed by atoms with Gasteiger partial charge in [-0.1, -0.05) is 43.7 Å². The number of amides is 1. The van der Waals surface area contributed by atoms with Crippen LogP contribution in [0.2, 0.25) is 0 Å². The van der Waals surface area contributed by atoms with Crippen LogP contribution in [0.5, 0.6) is 0 Å². The van der Waals surface area contributed by atoms with Gasteiger partial charge in [0.2, 0.25) is 5.91 Å². The molecule has 3 rings (SSSR count). The van der Waals surface area contributed by atoms with Gasteiger partial charge in [0.25, 0.3) is 0 Å². The Morgan fingerprint density at radius 3 is 2.38 bits per heavy atom. The monoisotopic (exact) mass is 358 g/mol. The van der Waals surface area contributed by atoms with Gasteiger partial charge in [0.05, 0.1) is 0 Å². The van der Waals surface area contributed by atoms with Crippen LogP contribution in [0.25, 0.3) is 0 Å². The second-order valence-electron chi connectivity index (χ2n) is 7.72. The molecule has 0 saturated carbocycles. The normalized spacial score (nSPS) is 19.8. The van der Waals surface area contributed by atoms with Gasteiger partial charge in [-0.25, -0.2) is 0 Å². The maximum Gasteiger partial charge on any atom is 0.222 e. The van der Waals surface area contributed by atoms with E-state index in [-0.39, 0.29) is 0 Å². The molecule has 0 spiro atoms. The molecular formula is C22H34N2O2. The molecule has 0 N–H and O–H groups in total. The van der Waals surface area contributed by atoms with E-state index in [0.717, 1.165) is 77.8 Å². The summed E-state index contributed by atoms with van der Waals surface area (Å²) in [4.78, 5) is 17.1. The van der Waals surface area contributed by atoms with Crippen LogP contribution in [0.15, 0.2) is 30.3 Å². The number of carbonyl (C=O) groups is 1. The molecule has 0 aromatic heterocycles. The molecule has 1 aromatic rings. The van der Waals surface area contributed by atoms with Crippen molar-refractivity contribution in [2.24, 2.45) is 0 Å². The molecule has 4 nitrogen and oxygen atoms in total. The van der Waals surface area contributed by atoms with Gasteiger partial charge in [-0.2, -0.15) is 0 Å². The summed E-state index contributed by atoms with van der Waals surface area (Å²) in [5.41, 5.74) is 1.39. The van der Waals surface area contributed by atoms with Crippen LogP contribution in [-0.4, -0.2) is 54.1 Å². The Bertz CT molecular complexity index is 534. The quantitative estimate of drug-likeness (QED) is 0.742. The number of likely N-dealkylation sites (tertiary alicyclic amines) is 1. The zero-order valence-corrected chi connectivity index (χ0v) is 16.2. The van der Waals surface area contributed by atoms with Gasteiger partial charge in [-0.05, 0) is 37.7 Å². The summed E-state index contributed by atoms with van der Waals surface area (Å²) < 4.78 is 5.59. The van der Waals surface area contributed by atoms with Crippen LogP contribution >= 0.6 is 0 Å². The first kappa shape index (κ1) is 19.4. The van der Waals surface area contributed by atoms with E-state index < -0.39 is 0 Å². The van der Waals surface area contributed by atoms with Gasteiger partial charge < -0.3 is 9.64 Å².